The second-order valence-corrected chi connectivity index (χ2v) is 4.57. The number of hydrogen-bond donors (Lipinski definition) is 0. The van der Waals surface area contributed by atoms with Crippen LogP contribution in [0.2, 0.25) is 0 Å². The van der Waals surface area contributed by atoms with Crippen LogP contribution in [0.3, 0.4) is 0 Å². The summed E-state index contributed by atoms with van der Waals surface area (Å²) < 4.78 is 1.81. The molecule has 0 bridgehead atoms. The molecule has 0 aliphatic heterocycles. The van der Waals surface area contributed by atoms with E-state index in [1.807, 2.05) is 18.4 Å². The van der Waals surface area contributed by atoms with E-state index in [1.54, 1.807) is 12.1 Å². The van der Waals surface area contributed by atoms with E-state index >= 15 is 0 Å². The van der Waals surface area contributed by atoms with Crippen LogP contribution in [-0.4, -0.2) is 26.1 Å². The monoisotopic (exact) mass is 255 g/mol. The molecule has 0 N–H and O–H groups in total. The quantitative estimate of drug-likeness (QED) is 0.700. The van der Waals surface area contributed by atoms with E-state index in [0.29, 0.717) is 23.6 Å². The lowest BCUT2D eigenvalue weighted by Gasteiger charge is -2.14. The highest BCUT2D eigenvalue weighted by molar-refractivity contribution is 6.26. The van der Waals surface area contributed by atoms with Gasteiger partial charge in [-0.15, -0.1) is 0 Å². The van der Waals surface area contributed by atoms with E-state index in [0.717, 1.165) is 6.42 Å². The van der Waals surface area contributed by atoms with Crippen LogP contribution in [0, 0.1) is 6.92 Å². The van der Waals surface area contributed by atoms with E-state index in [2.05, 4.69) is 9.97 Å². The first kappa shape index (κ1) is 11.8. The van der Waals surface area contributed by atoms with Gasteiger partial charge in [-0.05, 0) is 25.5 Å². The Hall–Kier alpha value is -2.30. The summed E-state index contributed by atoms with van der Waals surface area (Å²) in [5, 5.41) is 0. The van der Waals surface area contributed by atoms with Crippen LogP contribution >= 0.6 is 0 Å². The number of rotatable bonds is 2. The third-order valence-corrected chi connectivity index (χ3v) is 3.30. The van der Waals surface area contributed by atoms with Gasteiger partial charge in [0.1, 0.15) is 22.9 Å². The SMILES string of the molecule is CCCn1c(C)nc2c1C(=O)c1ncccc1C2=O. The molecule has 0 atom stereocenters. The number of carbonyl (C=O) groups excluding carboxylic acids is 2. The van der Waals surface area contributed by atoms with Gasteiger partial charge in [-0.1, -0.05) is 6.92 Å². The Bertz CT molecular complexity index is 701. The molecular weight excluding hydrogens is 242 g/mol. The summed E-state index contributed by atoms with van der Waals surface area (Å²) in [4.78, 5) is 33.2. The Morgan fingerprint density at radius 1 is 1.21 bits per heavy atom. The summed E-state index contributed by atoms with van der Waals surface area (Å²) in [6, 6.07) is 3.28. The fourth-order valence-electron chi connectivity index (χ4n) is 2.46. The Balaban J connectivity index is 2.27. The second kappa shape index (κ2) is 4.12. The molecule has 3 rings (SSSR count). The maximum Gasteiger partial charge on any atom is 0.230 e. The molecule has 0 amide bonds. The maximum atomic E-state index is 12.5. The molecule has 19 heavy (non-hydrogen) atoms. The largest absolute Gasteiger partial charge is 0.325 e. The zero-order valence-corrected chi connectivity index (χ0v) is 10.8. The van der Waals surface area contributed by atoms with Gasteiger partial charge in [0.15, 0.2) is 0 Å². The minimum absolute atomic E-state index is 0.209. The molecule has 0 saturated heterocycles. The van der Waals surface area contributed by atoms with Crippen molar-refractivity contribution in [1.29, 1.82) is 0 Å². The van der Waals surface area contributed by atoms with Crippen molar-refractivity contribution in [3.63, 3.8) is 0 Å². The van der Waals surface area contributed by atoms with Crippen molar-refractivity contribution < 1.29 is 9.59 Å². The summed E-state index contributed by atoms with van der Waals surface area (Å²) in [5.74, 6) is 0.274. The Labute approximate surface area is 110 Å². The van der Waals surface area contributed by atoms with Crippen LogP contribution in [-0.2, 0) is 6.54 Å². The average Bonchev–Trinajstić information content (AvgIpc) is 2.75. The van der Waals surface area contributed by atoms with Gasteiger partial charge in [0, 0.05) is 12.7 Å². The van der Waals surface area contributed by atoms with Crippen LogP contribution in [0.15, 0.2) is 18.3 Å². The molecule has 1 aliphatic carbocycles. The lowest BCUT2D eigenvalue weighted by Crippen LogP contribution is -2.24. The van der Waals surface area contributed by atoms with Crippen LogP contribution in [0.1, 0.15) is 51.4 Å². The van der Waals surface area contributed by atoms with Crippen molar-refractivity contribution >= 4 is 11.6 Å². The fraction of sp³-hybridized carbons (Fsp3) is 0.286. The molecular formula is C14H13N3O2. The Morgan fingerprint density at radius 3 is 2.74 bits per heavy atom. The first-order valence-corrected chi connectivity index (χ1v) is 6.26. The lowest BCUT2D eigenvalue weighted by molar-refractivity contribution is 0.0967. The molecule has 0 spiro atoms. The summed E-state index contributed by atoms with van der Waals surface area (Å²) >= 11 is 0. The van der Waals surface area contributed by atoms with E-state index in [9.17, 15) is 9.59 Å². The van der Waals surface area contributed by atoms with Gasteiger partial charge in [-0.2, -0.15) is 0 Å². The van der Waals surface area contributed by atoms with Crippen molar-refractivity contribution in [1.82, 2.24) is 14.5 Å². The third kappa shape index (κ3) is 1.54. The number of nitrogens with zero attached hydrogens (tertiary/aromatic N) is 3. The first-order valence-electron chi connectivity index (χ1n) is 6.26. The number of aromatic nitrogens is 3. The highest BCUT2D eigenvalue weighted by Gasteiger charge is 2.35. The van der Waals surface area contributed by atoms with Gasteiger partial charge in [0.25, 0.3) is 0 Å². The number of fused-ring (bicyclic) bond motifs is 2. The van der Waals surface area contributed by atoms with E-state index in [-0.39, 0.29) is 23.0 Å². The van der Waals surface area contributed by atoms with Gasteiger partial charge in [-0.3, -0.25) is 14.6 Å². The van der Waals surface area contributed by atoms with Crippen LogP contribution in [0.5, 0.6) is 0 Å². The van der Waals surface area contributed by atoms with E-state index < -0.39 is 0 Å². The number of ketones is 2. The minimum atomic E-state index is -0.212. The number of imidazole rings is 1. The highest BCUT2D eigenvalue weighted by atomic mass is 16.1. The molecule has 5 nitrogen and oxygen atoms in total. The van der Waals surface area contributed by atoms with Gasteiger partial charge < -0.3 is 4.57 Å². The minimum Gasteiger partial charge on any atom is -0.325 e. The predicted molar refractivity (Wildman–Crippen MR) is 68.4 cm³/mol. The molecule has 0 radical (unpaired) electrons. The standard InChI is InChI=1S/C14H13N3O2/c1-3-7-17-8(2)16-11-12(17)14(19)10-9(13(11)18)5-4-6-15-10/h4-6H,3,7H2,1-2H3. The van der Waals surface area contributed by atoms with E-state index in [1.165, 1.54) is 6.20 Å². The predicted octanol–water partition coefficient (Wildman–Crippen LogP) is 1.77. The zero-order valence-electron chi connectivity index (χ0n) is 10.8. The number of pyridine rings is 1. The van der Waals surface area contributed by atoms with Gasteiger partial charge in [-0.25, -0.2) is 4.98 Å². The van der Waals surface area contributed by atoms with Crippen molar-refractivity contribution in [2.24, 2.45) is 0 Å². The lowest BCUT2D eigenvalue weighted by atomic mass is 9.94. The highest BCUT2D eigenvalue weighted by Crippen LogP contribution is 2.26. The van der Waals surface area contributed by atoms with Gasteiger partial charge in [0.05, 0.1) is 5.56 Å². The summed E-state index contributed by atoms with van der Waals surface area (Å²) in [6.07, 6.45) is 2.41. The third-order valence-electron chi connectivity index (χ3n) is 3.30. The molecule has 0 fully saturated rings. The topological polar surface area (TPSA) is 64.8 Å². The molecule has 96 valence electrons. The van der Waals surface area contributed by atoms with E-state index in [4.69, 9.17) is 0 Å². The van der Waals surface area contributed by atoms with Crippen molar-refractivity contribution in [2.75, 3.05) is 0 Å². The Kier molecular flexibility index (Phi) is 2.55. The summed E-state index contributed by atoms with van der Waals surface area (Å²) in [6.45, 7) is 4.51. The van der Waals surface area contributed by atoms with Crippen molar-refractivity contribution in [3.05, 3.63) is 46.8 Å². The molecule has 1 aliphatic rings. The molecule has 0 aromatic carbocycles. The maximum absolute atomic E-state index is 12.5. The number of aryl methyl sites for hydroxylation is 1. The molecule has 2 heterocycles. The van der Waals surface area contributed by atoms with Crippen molar-refractivity contribution in [3.8, 4) is 0 Å². The first-order chi connectivity index (χ1) is 9.15. The fourth-order valence-corrected chi connectivity index (χ4v) is 2.46. The van der Waals surface area contributed by atoms with Crippen LogP contribution in [0.4, 0.5) is 0 Å². The van der Waals surface area contributed by atoms with Crippen molar-refractivity contribution in [2.45, 2.75) is 26.8 Å². The van der Waals surface area contributed by atoms with Crippen LogP contribution in [0.25, 0.3) is 0 Å². The summed E-state index contributed by atoms with van der Waals surface area (Å²) in [7, 11) is 0. The molecule has 2 aromatic heterocycles. The zero-order chi connectivity index (χ0) is 13.6. The average molecular weight is 255 g/mol. The number of hydrogen-bond acceptors (Lipinski definition) is 4. The smallest absolute Gasteiger partial charge is 0.230 e. The summed E-state index contributed by atoms with van der Waals surface area (Å²) in [5.41, 5.74) is 1.23. The van der Waals surface area contributed by atoms with Crippen LogP contribution < -0.4 is 0 Å². The molecule has 0 unspecified atom stereocenters. The Morgan fingerprint density at radius 2 is 2.00 bits per heavy atom. The molecule has 5 heteroatoms. The molecule has 0 saturated carbocycles. The van der Waals surface area contributed by atoms with Gasteiger partial charge in [0.2, 0.25) is 11.6 Å². The molecule has 2 aromatic rings. The van der Waals surface area contributed by atoms with Gasteiger partial charge >= 0.3 is 0 Å². The number of carbonyl (C=O) groups is 2. The second-order valence-electron chi connectivity index (χ2n) is 4.57. The normalized spacial score (nSPS) is 13.4.